The van der Waals surface area contributed by atoms with E-state index in [-0.39, 0.29) is 15.8 Å². The van der Waals surface area contributed by atoms with Gasteiger partial charge in [-0.25, -0.2) is 13.1 Å². The Morgan fingerprint density at radius 3 is 2.52 bits per heavy atom. The van der Waals surface area contributed by atoms with E-state index in [4.69, 9.17) is 23.2 Å². The summed E-state index contributed by atoms with van der Waals surface area (Å²) in [7, 11) is -3.77. The monoisotopic (exact) mass is 400 g/mol. The lowest BCUT2D eigenvalue weighted by Crippen LogP contribution is -2.49. The highest BCUT2D eigenvalue weighted by Gasteiger charge is 2.27. The molecule has 0 saturated carbocycles. The molecule has 0 radical (unpaired) electrons. The van der Waals surface area contributed by atoms with Gasteiger partial charge in [0.15, 0.2) is 0 Å². The predicted octanol–water partition coefficient (Wildman–Crippen LogP) is 2.96. The van der Waals surface area contributed by atoms with Crippen molar-refractivity contribution >= 4 is 44.6 Å². The molecule has 1 aliphatic rings. The number of nitrogens with one attached hydrogen (secondary N) is 1. The third-order valence-electron chi connectivity index (χ3n) is 4.22. The number of piperidine rings is 1. The molecule has 2 N–H and O–H groups in total. The Labute approximate surface area is 151 Å². The molecule has 1 saturated heterocycles. The van der Waals surface area contributed by atoms with Crippen LogP contribution in [0.15, 0.2) is 11.0 Å². The van der Waals surface area contributed by atoms with Crippen LogP contribution >= 0.6 is 34.5 Å². The van der Waals surface area contributed by atoms with Gasteiger partial charge in [-0.3, -0.25) is 4.90 Å². The van der Waals surface area contributed by atoms with Gasteiger partial charge in [-0.1, -0.05) is 29.6 Å². The lowest BCUT2D eigenvalue weighted by molar-refractivity contribution is 0.0438. The van der Waals surface area contributed by atoms with E-state index in [9.17, 15) is 13.5 Å². The first-order valence-electron chi connectivity index (χ1n) is 7.59. The molecule has 0 amide bonds. The first kappa shape index (κ1) is 19.4. The molecule has 9 heteroatoms. The van der Waals surface area contributed by atoms with Crippen LogP contribution in [0.5, 0.6) is 0 Å². The minimum atomic E-state index is -3.77. The summed E-state index contributed by atoms with van der Waals surface area (Å²) in [6, 6.07) is 2.11. The number of likely N-dealkylation sites (tertiary alicyclic amines) is 1. The summed E-state index contributed by atoms with van der Waals surface area (Å²) in [5.41, 5.74) is 0. The molecule has 0 spiro atoms. The van der Waals surface area contributed by atoms with Crippen LogP contribution in [0.25, 0.3) is 0 Å². The van der Waals surface area contributed by atoms with Crippen LogP contribution in [-0.2, 0) is 10.0 Å². The van der Waals surface area contributed by atoms with E-state index in [1.165, 1.54) is 12.5 Å². The molecular formula is C14H22Cl2N2O3S2. The number of aliphatic hydroxyl groups is 1. The maximum atomic E-state index is 12.2. The smallest absolute Gasteiger partial charge is 0.243 e. The summed E-state index contributed by atoms with van der Waals surface area (Å²) in [6.45, 7) is 4.67. The summed E-state index contributed by atoms with van der Waals surface area (Å²) in [5, 5.41) is 10.2. The quantitative estimate of drug-likeness (QED) is 0.769. The molecule has 5 nitrogen and oxygen atoms in total. The topological polar surface area (TPSA) is 69.6 Å². The largest absolute Gasteiger partial charge is 0.390 e. The average Bonchev–Trinajstić information content (AvgIpc) is 2.81. The zero-order chi connectivity index (χ0) is 17.2. The van der Waals surface area contributed by atoms with Gasteiger partial charge in [-0.05, 0) is 32.8 Å². The normalized spacial score (nSPS) is 24.7. The second kappa shape index (κ2) is 7.99. The highest BCUT2D eigenvalue weighted by Crippen LogP contribution is 2.34. The molecular weight excluding hydrogens is 379 g/mol. The number of rotatable bonds is 6. The van der Waals surface area contributed by atoms with Crippen LogP contribution in [0, 0.1) is 0 Å². The third-order valence-corrected chi connectivity index (χ3v) is 7.40. The van der Waals surface area contributed by atoms with Gasteiger partial charge in [0.25, 0.3) is 0 Å². The highest BCUT2D eigenvalue weighted by molar-refractivity contribution is 7.89. The van der Waals surface area contributed by atoms with Crippen molar-refractivity contribution in [2.24, 2.45) is 0 Å². The van der Waals surface area contributed by atoms with Gasteiger partial charge in [0, 0.05) is 25.2 Å². The van der Waals surface area contributed by atoms with Gasteiger partial charge >= 0.3 is 0 Å². The van der Waals surface area contributed by atoms with E-state index in [1.807, 2.05) is 0 Å². The van der Waals surface area contributed by atoms with E-state index in [2.05, 4.69) is 23.5 Å². The van der Waals surface area contributed by atoms with E-state index in [0.29, 0.717) is 23.0 Å². The van der Waals surface area contributed by atoms with Gasteiger partial charge in [0.05, 0.1) is 10.4 Å². The van der Waals surface area contributed by atoms with Crippen molar-refractivity contribution in [2.45, 2.75) is 56.2 Å². The molecule has 1 fully saturated rings. The predicted molar refractivity (Wildman–Crippen MR) is 95.0 cm³/mol. The SMILES string of the molecule is C[C@@H]1CCC[C@H](C)N1C[C@@H](O)CNS(=O)(=O)c1cc(Cl)sc1Cl. The Morgan fingerprint density at radius 2 is 2.00 bits per heavy atom. The fourth-order valence-electron chi connectivity index (χ4n) is 2.93. The number of hydrogen-bond donors (Lipinski definition) is 2. The molecule has 0 aromatic carbocycles. The van der Waals surface area contributed by atoms with Gasteiger partial charge in [0.2, 0.25) is 10.0 Å². The Bertz CT molecular complexity index is 626. The van der Waals surface area contributed by atoms with Crippen molar-refractivity contribution in [3.8, 4) is 0 Å². The minimum Gasteiger partial charge on any atom is -0.390 e. The number of aliphatic hydroxyl groups excluding tert-OH is 1. The molecule has 1 aromatic rings. The molecule has 132 valence electrons. The minimum absolute atomic E-state index is 0.0407. The van der Waals surface area contributed by atoms with Crippen LogP contribution in [0.3, 0.4) is 0 Å². The van der Waals surface area contributed by atoms with Crippen molar-refractivity contribution in [2.75, 3.05) is 13.1 Å². The molecule has 0 aliphatic carbocycles. The second-order valence-corrected chi connectivity index (χ2v) is 10.0. The average molecular weight is 401 g/mol. The molecule has 0 unspecified atom stereocenters. The van der Waals surface area contributed by atoms with Crippen LogP contribution in [0.4, 0.5) is 0 Å². The highest BCUT2D eigenvalue weighted by atomic mass is 35.5. The first-order valence-corrected chi connectivity index (χ1v) is 10.6. The van der Waals surface area contributed by atoms with E-state index >= 15 is 0 Å². The standard InChI is InChI=1S/C14H22Cl2N2O3S2/c1-9-4-3-5-10(2)18(9)8-11(19)7-17-23(20,21)12-6-13(15)22-14(12)16/h6,9-11,17,19H,3-5,7-8H2,1-2H3/t9-,10+,11-/m0/s1. The number of halogens is 2. The van der Waals surface area contributed by atoms with E-state index in [1.54, 1.807) is 0 Å². The van der Waals surface area contributed by atoms with Crippen molar-refractivity contribution < 1.29 is 13.5 Å². The van der Waals surface area contributed by atoms with Crippen molar-refractivity contribution in [3.05, 3.63) is 14.7 Å². The zero-order valence-corrected chi connectivity index (χ0v) is 16.3. The first-order chi connectivity index (χ1) is 10.7. The van der Waals surface area contributed by atoms with Crippen LogP contribution in [0.2, 0.25) is 8.67 Å². The third kappa shape index (κ3) is 5.04. The zero-order valence-electron chi connectivity index (χ0n) is 13.1. The molecule has 2 rings (SSSR count). The van der Waals surface area contributed by atoms with Crippen molar-refractivity contribution in [3.63, 3.8) is 0 Å². The fraction of sp³-hybridized carbons (Fsp3) is 0.714. The number of hydrogen-bond acceptors (Lipinski definition) is 5. The second-order valence-electron chi connectivity index (χ2n) is 6.02. The van der Waals surface area contributed by atoms with Gasteiger partial charge < -0.3 is 5.11 Å². The van der Waals surface area contributed by atoms with Crippen molar-refractivity contribution in [1.82, 2.24) is 9.62 Å². The van der Waals surface area contributed by atoms with Gasteiger partial charge in [-0.15, -0.1) is 11.3 Å². The maximum absolute atomic E-state index is 12.2. The summed E-state index contributed by atoms with van der Waals surface area (Å²) < 4.78 is 27.3. The summed E-state index contributed by atoms with van der Waals surface area (Å²) in [6.07, 6.45) is 2.62. The van der Waals surface area contributed by atoms with Crippen molar-refractivity contribution in [1.29, 1.82) is 0 Å². The van der Waals surface area contributed by atoms with Crippen LogP contribution in [0.1, 0.15) is 33.1 Å². The summed E-state index contributed by atoms with van der Waals surface area (Å²) >= 11 is 12.7. The number of sulfonamides is 1. The lowest BCUT2D eigenvalue weighted by atomic mass is 9.97. The number of thiophene rings is 1. The Balaban J connectivity index is 1.93. The number of β-amino-alcohol motifs (C(OH)–C–C–N with tert-alkyl or cyclic N) is 1. The summed E-state index contributed by atoms with van der Waals surface area (Å²) in [4.78, 5) is 2.19. The Hall–Kier alpha value is 0.110. The molecule has 1 aromatic heterocycles. The van der Waals surface area contributed by atoms with E-state index < -0.39 is 16.1 Å². The molecule has 3 atom stereocenters. The maximum Gasteiger partial charge on any atom is 0.243 e. The molecule has 0 bridgehead atoms. The number of nitrogens with zero attached hydrogens (tertiary/aromatic N) is 1. The lowest BCUT2D eigenvalue weighted by Gasteiger charge is -2.40. The van der Waals surface area contributed by atoms with Gasteiger partial charge in [0.1, 0.15) is 9.23 Å². The molecule has 23 heavy (non-hydrogen) atoms. The fourth-order valence-corrected chi connectivity index (χ4v) is 6.15. The Kier molecular flexibility index (Phi) is 6.75. The van der Waals surface area contributed by atoms with Gasteiger partial charge in [-0.2, -0.15) is 0 Å². The van der Waals surface area contributed by atoms with Crippen LogP contribution < -0.4 is 4.72 Å². The Morgan fingerprint density at radius 1 is 1.39 bits per heavy atom. The summed E-state index contributed by atoms with van der Waals surface area (Å²) in [5.74, 6) is 0. The van der Waals surface area contributed by atoms with E-state index in [0.717, 1.165) is 24.2 Å². The van der Waals surface area contributed by atoms with Crippen LogP contribution in [-0.4, -0.2) is 49.7 Å². The molecule has 1 aliphatic heterocycles. The molecule has 2 heterocycles.